The number of fused-ring (bicyclic) bond motifs is 5. The largest absolute Gasteiger partial charge is 0.497 e. The van der Waals surface area contributed by atoms with Crippen LogP contribution in [0.25, 0.3) is 11.1 Å². The van der Waals surface area contributed by atoms with E-state index >= 15 is 0 Å². The van der Waals surface area contributed by atoms with Crippen LogP contribution in [0.3, 0.4) is 0 Å². The van der Waals surface area contributed by atoms with Gasteiger partial charge in [-0.3, -0.25) is 14.4 Å². The zero-order valence-electron chi connectivity index (χ0n) is 20.5. The van der Waals surface area contributed by atoms with Crippen molar-refractivity contribution in [3.63, 3.8) is 0 Å². The first kappa shape index (κ1) is 22.5. The predicted molar refractivity (Wildman–Crippen MR) is 138 cm³/mol. The van der Waals surface area contributed by atoms with Crippen LogP contribution in [0.2, 0.25) is 0 Å². The van der Waals surface area contributed by atoms with Gasteiger partial charge in [-0.25, -0.2) is 4.90 Å². The molecule has 1 aliphatic heterocycles. The van der Waals surface area contributed by atoms with Gasteiger partial charge in [-0.2, -0.15) is 0 Å². The van der Waals surface area contributed by atoms with Crippen molar-refractivity contribution in [2.45, 2.75) is 20.3 Å². The maximum absolute atomic E-state index is 14.5. The van der Waals surface area contributed by atoms with Crippen LogP contribution < -0.4 is 9.64 Å². The number of anilines is 1. The summed E-state index contributed by atoms with van der Waals surface area (Å²) in [4.78, 5) is 44.0. The van der Waals surface area contributed by atoms with E-state index < -0.39 is 22.7 Å². The minimum atomic E-state index is -1.12. The summed E-state index contributed by atoms with van der Waals surface area (Å²) in [5, 5.41) is 0. The SMILES string of the molecule is CCC12C(=O)C(C)(C(c3ccccc3)=C1c1ccccc1)C1C(=O)N(c3cccc(OC)c3)C(=O)C12. The number of carbonyl (C=O) groups is 3. The van der Waals surface area contributed by atoms with Gasteiger partial charge in [-0.1, -0.05) is 73.7 Å². The molecule has 0 N–H and O–H groups in total. The molecule has 3 aliphatic rings. The van der Waals surface area contributed by atoms with Gasteiger partial charge in [-0.15, -0.1) is 0 Å². The second-order valence-electron chi connectivity index (χ2n) is 10.0. The molecule has 180 valence electrons. The van der Waals surface area contributed by atoms with Crippen molar-refractivity contribution >= 4 is 34.4 Å². The molecule has 5 heteroatoms. The number of hydrogen-bond donors (Lipinski definition) is 0. The highest BCUT2D eigenvalue weighted by molar-refractivity contribution is 6.34. The lowest BCUT2D eigenvalue weighted by Crippen LogP contribution is -2.41. The van der Waals surface area contributed by atoms with Gasteiger partial charge in [0.1, 0.15) is 5.75 Å². The van der Waals surface area contributed by atoms with Gasteiger partial charge in [0.25, 0.3) is 0 Å². The predicted octanol–water partition coefficient (Wildman–Crippen LogP) is 5.41. The minimum Gasteiger partial charge on any atom is -0.497 e. The first-order valence-electron chi connectivity index (χ1n) is 12.3. The molecule has 1 saturated carbocycles. The molecule has 0 radical (unpaired) electrons. The zero-order chi connectivity index (χ0) is 25.2. The molecule has 2 fully saturated rings. The number of Topliss-reactive ketones (excluding diaryl/α,β-unsaturated/α-hetero) is 1. The number of carbonyl (C=O) groups excluding carboxylic acids is 3. The number of rotatable bonds is 5. The smallest absolute Gasteiger partial charge is 0.239 e. The first-order valence-corrected chi connectivity index (χ1v) is 12.3. The Morgan fingerprint density at radius 1 is 0.778 bits per heavy atom. The molecule has 0 spiro atoms. The van der Waals surface area contributed by atoms with Crippen LogP contribution in [-0.4, -0.2) is 24.7 Å². The molecule has 3 aromatic rings. The van der Waals surface area contributed by atoms with E-state index in [4.69, 9.17) is 4.74 Å². The highest BCUT2D eigenvalue weighted by Gasteiger charge is 2.79. The Bertz CT molecular complexity index is 1440. The third-order valence-electron chi connectivity index (χ3n) is 8.55. The van der Waals surface area contributed by atoms with Gasteiger partial charge in [-0.05, 0) is 47.8 Å². The fourth-order valence-electron chi connectivity index (χ4n) is 7.13. The van der Waals surface area contributed by atoms with E-state index in [0.717, 1.165) is 22.3 Å². The van der Waals surface area contributed by atoms with E-state index in [1.807, 2.05) is 74.5 Å². The zero-order valence-corrected chi connectivity index (χ0v) is 20.5. The summed E-state index contributed by atoms with van der Waals surface area (Å²) in [6, 6.07) is 26.7. The van der Waals surface area contributed by atoms with E-state index in [9.17, 15) is 14.4 Å². The van der Waals surface area contributed by atoms with Crippen molar-refractivity contribution in [2.75, 3.05) is 12.0 Å². The van der Waals surface area contributed by atoms with Crippen LogP contribution in [0.5, 0.6) is 5.75 Å². The van der Waals surface area contributed by atoms with Crippen molar-refractivity contribution < 1.29 is 19.1 Å². The Kier molecular flexibility index (Phi) is 4.84. The van der Waals surface area contributed by atoms with E-state index in [2.05, 4.69) is 0 Å². The van der Waals surface area contributed by atoms with Crippen molar-refractivity contribution in [1.29, 1.82) is 0 Å². The fourth-order valence-corrected chi connectivity index (χ4v) is 7.13. The Morgan fingerprint density at radius 3 is 1.94 bits per heavy atom. The number of imide groups is 1. The summed E-state index contributed by atoms with van der Waals surface area (Å²) in [5.74, 6) is -1.58. The summed E-state index contributed by atoms with van der Waals surface area (Å²) < 4.78 is 5.35. The molecule has 6 rings (SSSR count). The molecule has 5 nitrogen and oxygen atoms in total. The van der Waals surface area contributed by atoms with Crippen LogP contribution in [0, 0.1) is 22.7 Å². The number of ether oxygens (including phenoxy) is 1. The summed E-state index contributed by atoms with van der Waals surface area (Å²) in [5.41, 5.74) is 1.88. The lowest BCUT2D eigenvalue weighted by atomic mass is 9.62. The quantitative estimate of drug-likeness (QED) is 0.461. The third kappa shape index (κ3) is 2.58. The molecule has 2 bridgehead atoms. The number of hydrogen-bond acceptors (Lipinski definition) is 4. The monoisotopic (exact) mass is 477 g/mol. The summed E-state index contributed by atoms with van der Waals surface area (Å²) in [7, 11) is 1.55. The average molecular weight is 478 g/mol. The Hall–Kier alpha value is -3.99. The number of methoxy groups -OCH3 is 1. The highest BCUT2D eigenvalue weighted by Crippen LogP contribution is 2.74. The minimum absolute atomic E-state index is 0.0165. The van der Waals surface area contributed by atoms with E-state index in [-0.39, 0.29) is 17.6 Å². The van der Waals surface area contributed by atoms with Crippen molar-refractivity contribution in [3.05, 3.63) is 96.1 Å². The lowest BCUT2D eigenvalue weighted by Gasteiger charge is -2.37. The molecule has 4 atom stereocenters. The Labute approximate surface area is 210 Å². The van der Waals surface area contributed by atoms with Crippen molar-refractivity contribution in [2.24, 2.45) is 22.7 Å². The molecule has 3 aromatic carbocycles. The Balaban J connectivity index is 1.63. The van der Waals surface area contributed by atoms with Crippen LogP contribution >= 0.6 is 0 Å². The average Bonchev–Trinajstić information content (AvgIpc) is 3.39. The van der Waals surface area contributed by atoms with Crippen LogP contribution in [0.1, 0.15) is 31.4 Å². The van der Waals surface area contributed by atoms with Gasteiger partial charge in [0.15, 0.2) is 5.78 Å². The molecule has 2 aliphatic carbocycles. The van der Waals surface area contributed by atoms with Gasteiger partial charge in [0.05, 0.1) is 35.5 Å². The van der Waals surface area contributed by atoms with Crippen molar-refractivity contribution in [1.82, 2.24) is 0 Å². The normalized spacial score (nSPS) is 28.8. The van der Waals surface area contributed by atoms with Gasteiger partial charge in [0.2, 0.25) is 11.8 Å². The molecule has 2 amide bonds. The maximum Gasteiger partial charge on any atom is 0.239 e. The lowest BCUT2D eigenvalue weighted by molar-refractivity contribution is -0.134. The molecular weight excluding hydrogens is 450 g/mol. The summed E-state index contributed by atoms with van der Waals surface area (Å²) >= 11 is 0. The number of benzene rings is 3. The number of amides is 2. The van der Waals surface area contributed by atoms with E-state index in [1.165, 1.54) is 4.90 Å². The second kappa shape index (κ2) is 7.76. The molecule has 36 heavy (non-hydrogen) atoms. The second-order valence-corrected chi connectivity index (χ2v) is 10.0. The van der Waals surface area contributed by atoms with Crippen LogP contribution in [0.4, 0.5) is 5.69 Å². The molecule has 4 unspecified atom stereocenters. The van der Waals surface area contributed by atoms with Crippen molar-refractivity contribution in [3.8, 4) is 5.75 Å². The van der Waals surface area contributed by atoms with E-state index in [0.29, 0.717) is 17.9 Å². The molecule has 0 aromatic heterocycles. The third-order valence-corrected chi connectivity index (χ3v) is 8.55. The van der Waals surface area contributed by atoms with Gasteiger partial charge >= 0.3 is 0 Å². The van der Waals surface area contributed by atoms with E-state index in [1.54, 1.807) is 31.4 Å². The highest BCUT2D eigenvalue weighted by atomic mass is 16.5. The van der Waals surface area contributed by atoms with Gasteiger partial charge in [0, 0.05) is 6.07 Å². The number of ketones is 1. The summed E-state index contributed by atoms with van der Waals surface area (Å²) in [6.45, 7) is 3.84. The maximum atomic E-state index is 14.5. The standard InChI is InChI=1S/C31H27NO4/c1-4-31-24(20-14-9-6-10-15-20)23(19-12-7-5-8-13-19)30(2,29(31)35)25-26(31)28(34)32(27(25)33)21-16-11-17-22(18-21)36-3/h5-18,25-26H,4H2,1-3H3. The van der Waals surface area contributed by atoms with Crippen LogP contribution in [0.15, 0.2) is 84.9 Å². The molecular formula is C31H27NO4. The molecule has 1 saturated heterocycles. The van der Waals surface area contributed by atoms with Crippen LogP contribution in [-0.2, 0) is 14.4 Å². The molecule has 1 heterocycles. The summed E-state index contributed by atoms with van der Waals surface area (Å²) in [6.07, 6.45) is 0.439. The fraction of sp³-hybridized carbons (Fsp3) is 0.258. The number of nitrogens with zero attached hydrogens (tertiary/aromatic N) is 1. The Morgan fingerprint density at radius 2 is 1.36 bits per heavy atom. The topological polar surface area (TPSA) is 63.7 Å². The van der Waals surface area contributed by atoms with Gasteiger partial charge < -0.3 is 4.74 Å². The number of allylic oxidation sites excluding steroid dienone is 2. The first-order chi connectivity index (χ1) is 17.4.